The Kier molecular flexibility index (Phi) is 17.7. The van der Waals surface area contributed by atoms with Crippen molar-refractivity contribution in [3.8, 4) is 0 Å². The van der Waals surface area contributed by atoms with Crippen LogP contribution in [-0.4, -0.2) is 273 Å². The molecule has 1 spiro atoms. The zero-order valence-electron chi connectivity index (χ0n) is 43.1. The molecule has 31 atom stereocenters. The van der Waals surface area contributed by atoms with Crippen molar-refractivity contribution in [1.29, 1.82) is 0 Å². The average Bonchev–Trinajstić information content (AvgIpc) is 3.93. The van der Waals surface area contributed by atoms with Crippen molar-refractivity contribution < 1.29 is 134 Å². The van der Waals surface area contributed by atoms with E-state index in [9.17, 15) is 86.5 Å². The average molecular weight is 1110 g/mol. The Balaban J connectivity index is 0.969. The monoisotopic (exact) mass is 1110 g/mol. The van der Waals surface area contributed by atoms with Crippen LogP contribution in [0.5, 0.6) is 0 Å². The van der Waals surface area contributed by atoms with Crippen molar-refractivity contribution >= 4 is 5.97 Å². The number of aliphatic hydroxyl groups is 16. The maximum atomic E-state index is 14.9. The maximum Gasteiger partial charge on any atom is 0.314 e. The molecule has 442 valence electrons. The first-order valence-corrected chi connectivity index (χ1v) is 26.7. The summed E-state index contributed by atoms with van der Waals surface area (Å²) in [4.78, 5) is 14.9. The fourth-order valence-corrected chi connectivity index (χ4v) is 14.9. The normalized spacial score (nSPS) is 55.1. The van der Waals surface area contributed by atoms with Crippen LogP contribution < -0.4 is 0 Å². The molecule has 16 N–H and O–H groups in total. The fourth-order valence-electron chi connectivity index (χ4n) is 14.9. The molecule has 4 saturated carbocycles. The van der Waals surface area contributed by atoms with E-state index in [-0.39, 0.29) is 11.8 Å². The minimum absolute atomic E-state index is 0.0497. The summed E-state index contributed by atoms with van der Waals surface area (Å²) in [5.74, 6) is -1.05. The number of ether oxygens (including phenoxy) is 10. The molecule has 77 heavy (non-hydrogen) atoms. The topological polar surface area (TPSA) is 433 Å². The van der Waals surface area contributed by atoms with E-state index in [1.165, 1.54) is 6.92 Å². The zero-order chi connectivity index (χ0) is 56.0. The van der Waals surface area contributed by atoms with Crippen molar-refractivity contribution in [3.63, 3.8) is 0 Å². The highest BCUT2D eigenvalue weighted by Gasteiger charge is 2.70. The van der Waals surface area contributed by atoms with E-state index in [0.29, 0.717) is 63.4 Å². The molecular formula is C50H80O27. The number of aliphatic hydroxyl groups excluding tert-OH is 16. The summed E-state index contributed by atoms with van der Waals surface area (Å²) in [6.45, 7) is 6.64. The summed E-state index contributed by atoms with van der Waals surface area (Å²) in [6.07, 6.45) is -38.3. The summed E-state index contributed by atoms with van der Waals surface area (Å²) in [6, 6.07) is 0. The predicted octanol–water partition coefficient (Wildman–Crippen LogP) is -6.26. The van der Waals surface area contributed by atoms with Crippen LogP contribution in [0.15, 0.2) is 12.2 Å². The van der Waals surface area contributed by atoms with Crippen LogP contribution in [0.2, 0.25) is 0 Å². The van der Waals surface area contributed by atoms with E-state index in [2.05, 4.69) is 13.5 Å². The van der Waals surface area contributed by atoms with Crippen molar-refractivity contribution in [2.75, 3.05) is 26.4 Å². The number of hydrogen-bond acceptors (Lipinski definition) is 27. The first kappa shape index (κ1) is 59.8. The molecule has 0 aromatic rings. The van der Waals surface area contributed by atoms with Crippen molar-refractivity contribution in [2.45, 2.75) is 238 Å². The molecule has 9 rings (SSSR count). The van der Waals surface area contributed by atoms with Crippen LogP contribution in [0.3, 0.4) is 0 Å². The SMILES string of the molecule is C=C1CC23CCC4C(C)(C(=O)OC5OC(CO)C(O)C(O)C5OC5OC(C)C(O)C(O)C5O)CCCC4(C)C2CCC1(OC1OC(CO)C(O)C(OC2OC(CO)C(O)C(O)C2O)C1OC1OC(CO)C(O)C(O)C1O)C3. The second-order valence-corrected chi connectivity index (χ2v) is 23.6. The van der Waals surface area contributed by atoms with Crippen molar-refractivity contribution in [1.82, 2.24) is 0 Å². The van der Waals surface area contributed by atoms with Gasteiger partial charge in [-0.3, -0.25) is 4.79 Å². The van der Waals surface area contributed by atoms with E-state index in [1.807, 2.05) is 6.92 Å². The van der Waals surface area contributed by atoms with Gasteiger partial charge in [-0.2, -0.15) is 0 Å². The number of rotatable bonds is 14. The lowest BCUT2D eigenvalue weighted by Gasteiger charge is -2.64. The number of carbonyl (C=O) groups is 1. The van der Waals surface area contributed by atoms with Crippen LogP contribution in [-0.2, 0) is 52.2 Å². The third-order valence-corrected chi connectivity index (χ3v) is 19.2. The number of fused-ring (bicyclic) bond motifs is 3. The van der Waals surface area contributed by atoms with Gasteiger partial charge < -0.3 is 129 Å². The van der Waals surface area contributed by atoms with Gasteiger partial charge in [0.15, 0.2) is 31.3 Å². The lowest BCUT2D eigenvalue weighted by Crippen LogP contribution is -2.68. The Morgan fingerprint density at radius 3 is 1.56 bits per heavy atom. The van der Waals surface area contributed by atoms with Crippen LogP contribution in [0.25, 0.3) is 0 Å². The van der Waals surface area contributed by atoms with Gasteiger partial charge in [-0.1, -0.05) is 19.9 Å². The molecular weight excluding hydrogens is 1030 g/mol. The Morgan fingerprint density at radius 1 is 0.519 bits per heavy atom. The lowest BCUT2D eigenvalue weighted by atomic mass is 9.41. The highest BCUT2D eigenvalue weighted by molar-refractivity contribution is 5.77. The maximum absolute atomic E-state index is 14.9. The van der Waals surface area contributed by atoms with Crippen LogP contribution in [0, 0.1) is 28.1 Å². The predicted molar refractivity (Wildman–Crippen MR) is 250 cm³/mol. The van der Waals surface area contributed by atoms with Gasteiger partial charge >= 0.3 is 5.97 Å². The Morgan fingerprint density at radius 2 is 0.987 bits per heavy atom. The molecule has 5 aliphatic heterocycles. The van der Waals surface area contributed by atoms with Gasteiger partial charge in [-0.15, -0.1) is 0 Å². The van der Waals surface area contributed by atoms with Gasteiger partial charge in [0.25, 0.3) is 0 Å². The molecule has 0 radical (unpaired) electrons. The standard InChI is InChI=1S/C50H80O27/c1-18-12-49-10-6-24-47(3,8-5-9-48(24,4)46(67)76-44-39(34(63)29(58)22(15-53)71-44)74-41-35(64)31(60)26(55)19(2)68-41)25(49)7-11-50(18,17-49)77-45-40(75-43-37(66)33(62)28(57)21(14-52)70-43)38(30(59)23(16-54)72-45)73-42-36(65)32(61)27(56)20(13-51)69-42/h19-45,51-66H,1,5-17H2,2-4H3. The summed E-state index contributed by atoms with van der Waals surface area (Å²) in [5.41, 5.74) is -2.71. The molecule has 0 aromatic heterocycles. The number of esters is 1. The second-order valence-electron chi connectivity index (χ2n) is 23.6. The smallest absolute Gasteiger partial charge is 0.314 e. The summed E-state index contributed by atoms with van der Waals surface area (Å²) in [7, 11) is 0. The van der Waals surface area contributed by atoms with E-state index >= 15 is 0 Å². The second kappa shape index (κ2) is 22.8. The molecule has 5 saturated heterocycles. The lowest BCUT2D eigenvalue weighted by molar-refractivity contribution is -0.400. The molecule has 2 bridgehead atoms. The summed E-state index contributed by atoms with van der Waals surface area (Å²) in [5, 5.41) is 171. The van der Waals surface area contributed by atoms with E-state index in [0.717, 1.165) is 0 Å². The molecule has 31 unspecified atom stereocenters. The molecule has 5 heterocycles. The van der Waals surface area contributed by atoms with Crippen molar-refractivity contribution in [2.24, 2.45) is 28.1 Å². The largest absolute Gasteiger partial charge is 0.432 e. The van der Waals surface area contributed by atoms with Crippen LogP contribution >= 0.6 is 0 Å². The van der Waals surface area contributed by atoms with Gasteiger partial charge in [0.2, 0.25) is 6.29 Å². The zero-order valence-corrected chi connectivity index (χ0v) is 43.1. The third kappa shape index (κ3) is 10.3. The third-order valence-electron chi connectivity index (χ3n) is 19.2. The van der Waals surface area contributed by atoms with Gasteiger partial charge in [0, 0.05) is 0 Å². The van der Waals surface area contributed by atoms with E-state index in [4.69, 9.17) is 47.4 Å². The number of hydrogen-bond donors (Lipinski definition) is 16. The van der Waals surface area contributed by atoms with Crippen LogP contribution in [0.4, 0.5) is 0 Å². The van der Waals surface area contributed by atoms with E-state index < -0.39 is 208 Å². The van der Waals surface area contributed by atoms with Gasteiger partial charge in [0.05, 0.1) is 43.5 Å². The molecule has 27 heteroatoms. The summed E-state index contributed by atoms with van der Waals surface area (Å²) < 4.78 is 60.5. The summed E-state index contributed by atoms with van der Waals surface area (Å²) >= 11 is 0. The van der Waals surface area contributed by atoms with E-state index in [1.54, 1.807) is 0 Å². The Labute approximate surface area is 443 Å². The molecule has 0 aromatic carbocycles. The van der Waals surface area contributed by atoms with Gasteiger partial charge in [-0.05, 0) is 93.5 Å². The minimum atomic E-state index is -1.98. The highest BCUT2D eigenvalue weighted by atomic mass is 16.8. The van der Waals surface area contributed by atoms with Crippen LogP contribution in [0.1, 0.15) is 78.6 Å². The fraction of sp³-hybridized carbons (Fsp3) is 0.940. The van der Waals surface area contributed by atoms with Gasteiger partial charge in [0.1, 0.15) is 110 Å². The Bertz CT molecular complexity index is 2060. The first-order valence-electron chi connectivity index (χ1n) is 26.7. The molecule has 0 amide bonds. The Hall–Kier alpha value is -1.79. The highest BCUT2D eigenvalue weighted by Crippen LogP contribution is 2.74. The molecule has 9 fully saturated rings. The first-order chi connectivity index (χ1) is 36.3. The molecule has 4 aliphatic carbocycles. The number of carbonyl (C=O) groups excluding carboxylic acids is 1. The van der Waals surface area contributed by atoms with Crippen molar-refractivity contribution in [3.05, 3.63) is 12.2 Å². The van der Waals surface area contributed by atoms with Gasteiger partial charge in [-0.25, -0.2) is 0 Å². The molecule has 27 nitrogen and oxygen atoms in total. The quantitative estimate of drug-likeness (QED) is 0.0437. The minimum Gasteiger partial charge on any atom is -0.432 e. The molecule has 9 aliphatic rings.